The van der Waals surface area contributed by atoms with Crippen molar-refractivity contribution in [3.05, 3.63) is 23.2 Å². The number of aromatic hydroxyl groups is 1. The van der Waals surface area contributed by atoms with Crippen molar-refractivity contribution in [1.29, 1.82) is 0 Å². The molecule has 0 aromatic heterocycles. The maximum Gasteiger partial charge on any atom is 1.00 e. The molecule has 4 heteroatoms. The molecule has 3 N–H and O–H groups in total. The molecule has 0 spiro atoms. The van der Waals surface area contributed by atoms with Gasteiger partial charge in [0.05, 0.1) is 5.69 Å². The maximum atomic E-state index is 8.89. The first kappa shape index (κ1) is 10.1. The zero-order valence-corrected chi connectivity index (χ0v) is 8.39. The minimum atomic E-state index is 0. The molecule has 0 atom stereocenters. The number of nitrogens with two attached hydrogens (primary N) is 1. The predicted molar refractivity (Wildman–Crippen MR) is 38.6 cm³/mol. The Morgan fingerprint density at radius 3 is 2.50 bits per heavy atom. The molecule has 0 aliphatic carbocycles. The van der Waals surface area contributed by atoms with Crippen molar-refractivity contribution < 1.29 is 36.1 Å². The quantitative estimate of drug-likeness (QED) is 0.288. The van der Waals surface area contributed by atoms with E-state index in [1.165, 1.54) is 6.07 Å². The molecule has 1 aromatic rings. The van der Waals surface area contributed by atoms with Gasteiger partial charge in [-0.1, -0.05) is 11.6 Å². The van der Waals surface area contributed by atoms with Crippen LogP contribution in [0.1, 0.15) is 1.43 Å². The van der Waals surface area contributed by atoms with Crippen LogP contribution in [0.15, 0.2) is 18.2 Å². The number of phenols is 1. The zero-order valence-electron chi connectivity index (χ0n) is 6.63. The van der Waals surface area contributed by atoms with Gasteiger partial charge in [-0.15, -0.1) is 0 Å². The molecule has 0 amide bonds. The molecule has 0 saturated carbocycles. The van der Waals surface area contributed by atoms with Gasteiger partial charge in [-0.2, -0.15) is 0 Å². The summed E-state index contributed by atoms with van der Waals surface area (Å²) < 4.78 is 0. The molecule has 1 rings (SSSR count). The number of anilines is 1. The van der Waals surface area contributed by atoms with E-state index in [1.807, 2.05) is 0 Å². The summed E-state index contributed by atoms with van der Waals surface area (Å²) in [5, 5.41) is 9.38. The van der Waals surface area contributed by atoms with Crippen LogP contribution in [-0.4, -0.2) is 5.11 Å². The summed E-state index contributed by atoms with van der Waals surface area (Å²) in [6.07, 6.45) is 0. The average molecular weight is 168 g/mol. The number of benzene rings is 1. The number of phenolic OH excluding ortho intramolecular Hbond substituents is 1. The van der Waals surface area contributed by atoms with Gasteiger partial charge in [0.1, 0.15) is 5.75 Å². The zero-order chi connectivity index (χ0) is 6.85. The molecule has 0 aliphatic heterocycles. The van der Waals surface area contributed by atoms with E-state index >= 15 is 0 Å². The fraction of sp³-hybridized carbons (Fsp3) is 0. The van der Waals surface area contributed by atoms with E-state index in [0.29, 0.717) is 10.7 Å². The van der Waals surface area contributed by atoms with E-state index in [-0.39, 0.29) is 36.7 Å². The summed E-state index contributed by atoms with van der Waals surface area (Å²) in [5.74, 6) is 0.0301. The molecular formula is C6H7ClNNaO. The number of rotatable bonds is 0. The van der Waals surface area contributed by atoms with Crippen LogP contribution in [0.4, 0.5) is 5.69 Å². The van der Waals surface area contributed by atoms with Gasteiger partial charge in [0, 0.05) is 11.1 Å². The fourth-order valence-corrected chi connectivity index (χ4v) is 0.683. The van der Waals surface area contributed by atoms with Gasteiger partial charge in [0.15, 0.2) is 0 Å². The number of halogens is 1. The Morgan fingerprint density at radius 1 is 1.50 bits per heavy atom. The van der Waals surface area contributed by atoms with Crippen molar-refractivity contribution in [1.82, 2.24) is 0 Å². The van der Waals surface area contributed by atoms with Crippen LogP contribution in [0.25, 0.3) is 0 Å². The van der Waals surface area contributed by atoms with Crippen LogP contribution in [0, 0.1) is 0 Å². The van der Waals surface area contributed by atoms with E-state index in [1.54, 1.807) is 12.1 Å². The monoisotopic (exact) mass is 167 g/mol. The molecule has 0 unspecified atom stereocenters. The maximum absolute atomic E-state index is 8.89. The van der Waals surface area contributed by atoms with Crippen molar-refractivity contribution in [2.24, 2.45) is 0 Å². The van der Waals surface area contributed by atoms with Crippen molar-refractivity contribution >= 4 is 17.3 Å². The topological polar surface area (TPSA) is 46.2 Å². The van der Waals surface area contributed by atoms with Crippen molar-refractivity contribution in [3.8, 4) is 5.75 Å². The SMILES string of the molecule is Nc1ccc(Cl)cc1O.[H-].[Na+]. The summed E-state index contributed by atoms with van der Waals surface area (Å²) >= 11 is 5.50. The van der Waals surface area contributed by atoms with Gasteiger partial charge in [-0.05, 0) is 12.1 Å². The molecular weight excluding hydrogens is 161 g/mol. The second-order valence-corrected chi connectivity index (χ2v) is 2.14. The van der Waals surface area contributed by atoms with Crippen LogP contribution >= 0.6 is 11.6 Å². The summed E-state index contributed by atoms with van der Waals surface area (Å²) in [7, 11) is 0. The van der Waals surface area contributed by atoms with Crippen molar-refractivity contribution in [2.45, 2.75) is 0 Å². The Bertz CT molecular complexity index is 234. The van der Waals surface area contributed by atoms with E-state index in [4.69, 9.17) is 22.4 Å². The Balaban J connectivity index is 0. The first-order valence-electron chi connectivity index (χ1n) is 2.44. The van der Waals surface area contributed by atoms with E-state index in [2.05, 4.69) is 0 Å². The van der Waals surface area contributed by atoms with E-state index in [9.17, 15) is 0 Å². The molecule has 0 fully saturated rings. The van der Waals surface area contributed by atoms with Crippen LogP contribution in [0.5, 0.6) is 5.75 Å². The number of hydrogen-bond acceptors (Lipinski definition) is 2. The minimum absolute atomic E-state index is 0. The van der Waals surface area contributed by atoms with Gasteiger partial charge < -0.3 is 12.3 Å². The summed E-state index contributed by atoms with van der Waals surface area (Å²) in [6, 6.07) is 4.57. The second-order valence-electron chi connectivity index (χ2n) is 1.70. The number of nitrogen functional groups attached to an aromatic ring is 1. The molecule has 1 aromatic carbocycles. The Kier molecular flexibility index (Phi) is 4.13. The average Bonchev–Trinajstić information content (AvgIpc) is 1.80. The predicted octanol–water partition coefficient (Wildman–Crippen LogP) is -1.26. The molecule has 0 saturated heterocycles. The smallest absolute Gasteiger partial charge is 1.00 e. The summed E-state index contributed by atoms with van der Waals surface area (Å²) in [6.45, 7) is 0. The second kappa shape index (κ2) is 4.09. The molecule has 0 aliphatic rings. The van der Waals surface area contributed by atoms with Gasteiger partial charge in [-0.25, -0.2) is 0 Å². The molecule has 50 valence electrons. The Hall–Kier alpha value is 0.110. The van der Waals surface area contributed by atoms with Crippen LogP contribution in [-0.2, 0) is 0 Å². The van der Waals surface area contributed by atoms with Gasteiger partial charge in [0.2, 0.25) is 0 Å². The third kappa shape index (κ3) is 2.39. The normalized spacial score (nSPS) is 8.50. The molecule has 2 nitrogen and oxygen atoms in total. The standard InChI is InChI=1S/C6H6ClNO.Na.H/c7-4-1-2-5(8)6(9)3-4;;/h1-3,9H,8H2;;/q;+1;-1. The Morgan fingerprint density at radius 2 is 2.10 bits per heavy atom. The van der Waals surface area contributed by atoms with Gasteiger partial charge >= 0.3 is 29.6 Å². The van der Waals surface area contributed by atoms with Gasteiger partial charge in [0.25, 0.3) is 0 Å². The summed E-state index contributed by atoms with van der Waals surface area (Å²) in [4.78, 5) is 0. The third-order valence-electron chi connectivity index (χ3n) is 0.992. The Labute approximate surface area is 87.8 Å². The van der Waals surface area contributed by atoms with Crippen molar-refractivity contribution in [3.63, 3.8) is 0 Å². The van der Waals surface area contributed by atoms with Crippen LogP contribution < -0.4 is 35.3 Å². The largest absolute Gasteiger partial charge is 1.00 e. The molecule has 0 bridgehead atoms. The molecule has 0 heterocycles. The third-order valence-corrected chi connectivity index (χ3v) is 1.23. The number of hydrogen-bond donors (Lipinski definition) is 2. The van der Waals surface area contributed by atoms with E-state index < -0.39 is 0 Å². The fourth-order valence-electron chi connectivity index (χ4n) is 0.517. The minimum Gasteiger partial charge on any atom is -1.00 e. The van der Waals surface area contributed by atoms with Gasteiger partial charge in [-0.3, -0.25) is 0 Å². The molecule has 0 radical (unpaired) electrons. The van der Waals surface area contributed by atoms with Crippen molar-refractivity contribution in [2.75, 3.05) is 5.73 Å². The molecule has 10 heavy (non-hydrogen) atoms. The van der Waals surface area contributed by atoms with Crippen LogP contribution in [0.2, 0.25) is 5.02 Å². The first-order valence-corrected chi connectivity index (χ1v) is 2.82. The summed E-state index contributed by atoms with van der Waals surface area (Å²) in [5.41, 5.74) is 5.63. The first-order chi connectivity index (χ1) is 4.20. The van der Waals surface area contributed by atoms with E-state index in [0.717, 1.165) is 0 Å². The van der Waals surface area contributed by atoms with Crippen LogP contribution in [0.3, 0.4) is 0 Å².